The average Bonchev–Trinajstić information content (AvgIpc) is 3.11. The van der Waals surface area contributed by atoms with E-state index in [9.17, 15) is 4.79 Å². The van der Waals surface area contributed by atoms with Crippen LogP contribution in [0, 0.1) is 6.92 Å². The van der Waals surface area contributed by atoms with Crippen molar-refractivity contribution in [2.45, 2.75) is 18.8 Å². The molecule has 0 radical (unpaired) electrons. The van der Waals surface area contributed by atoms with Gasteiger partial charge in [0.25, 0.3) is 11.1 Å². The zero-order valence-electron chi connectivity index (χ0n) is 14.2. The molecule has 0 unspecified atom stereocenters. The summed E-state index contributed by atoms with van der Waals surface area (Å²) < 4.78 is 12.0. The molecule has 6 nitrogen and oxygen atoms in total. The molecule has 1 N–H and O–H groups in total. The molecule has 140 valence electrons. The summed E-state index contributed by atoms with van der Waals surface area (Å²) in [6.45, 7) is 2.10. The number of carbonyl (C=O) groups is 1. The van der Waals surface area contributed by atoms with Crippen LogP contribution in [0.2, 0.25) is 5.02 Å². The SMILES string of the molecule is Cc1cc(NC(=O)CSc2nnc(COc3ccc(Cl)cc3)o2)ccc1Br. The van der Waals surface area contributed by atoms with E-state index in [-0.39, 0.29) is 18.3 Å². The molecule has 2 aromatic carbocycles. The molecule has 0 fully saturated rings. The van der Waals surface area contributed by atoms with Crippen molar-refractivity contribution in [3.63, 3.8) is 0 Å². The van der Waals surface area contributed by atoms with Gasteiger partial charge in [-0.3, -0.25) is 4.79 Å². The Morgan fingerprint density at radius 1 is 1.26 bits per heavy atom. The zero-order chi connectivity index (χ0) is 19.2. The lowest BCUT2D eigenvalue weighted by molar-refractivity contribution is -0.113. The molecular formula is C18H15BrClN3O3S. The van der Waals surface area contributed by atoms with Crippen LogP contribution in [-0.4, -0.2) is 21.9 Å². The second-order valence-electron chi connectivity index (χ2n) is 5.51. The Kier molecular flexibility index (Phi) is 6.76. The van der Waals surface area contributed by atoms with E-state index in [1.807, 2.05) is 25.1 Å². The minimum absolute atomic E-state index is 0.138. The third-order valence-corrected chi connectivity index (χ3v) is 5.35. The molecule has 3 rings (SSSR count). The average molecular weight is 469 g/mol. The number of halogens is 2. The first-order valence-corrected chi connectivity index (χ1v) is 10.0. The number of nitrogens with one attached hydrogen (secondary N) is 1. The van der Waals surface area contributed by atoms with Gasteiger partial charge in [0, 0.05) is 15.2 Å². The Balaban J connectivity index is 1.46. The molecule has 1 heterocycles. The van der Waals surface area contributed by atoms with E-state index >= 15 is 0 Å². The van der Waals surface area contributed by atoms with Gasteiger partial charge in [0.1, 0.15) is 5.75 Å². The lowest BCUT2D eigenvalue weighted by atomic mass is 10.2. The van der Waals surface area contributed by atoms with Gasteiger partial charge in [-0.05, 0) is 55.0 Å². The van der Waals surface area contributed by atoms with Crippen LogP contribution in [-0.2, 0) is 11.4 Å². The van der Waals surface area contributed by atoms with E-state index in [1.54, 1.807) is 24.3 Å². The molecule has 1 aromatic heterocycles. The van der Waals surface area contributed by atoms with Crippen LogP contribution in [0.25, 0.3) is 0 Å². The third kappa shape index (κ3) is 5.98. The number of hydrogen-bond acceptors (Lipinski definition) is 6. The Hall–Kier alpha value is -2.03. The van der Waals surface area contributed by atoms with Gasteiger partial charge in [0.2, 0.25) is 5.91 Å². The lowest BCUT2D eigenvalue weighted by Crippen LogP contribution is -2.14. The first-order chi connectivity index (χ1) is 13.0. The van der Waals surface area contributed by atoms with Crippen molar-refractivity contribution in [1.82, 2.24) is 10.2 Å². The maximum absolute atomic E-state index is 12.1. The number of nitrogens with zero attached hydrogens (tertiary/aromatic N) is 2. The molecule has 0 aliphatic heterocycles. The highest BCUT2D eigenvalue weighted by Gasteiger charge is 2.11. The molecule has 0 atom stereocenters. The smallest absolute Gasteiger partial charge is 0.277 e. The van der Waals surface area contributed by atoms with Crippen LogP contribution in [0.15, 0.2) is 56.6 Å². The van der Waals surface area contributed by atoms with Crippen molar-refractivity contribution in [3.05, 3.63) is 63.4 Å². The fourth-order valence-electron chi connectivity index (χ4n) is 2.08. The molecule has 27 heavy (non-hydrogen) atoms. The van der Waals surface area contributed by atoms with Crippen LogP contribution in [0.1, 0.15) is 11.5 Å². The molecule has 0 bridgehead atoms. The highest BCUT2D eigenvalue weighted by atomic mass is 79.9. The standard InChI is InChI=1S/C18H15BrClN3O3S/c1-11-8-13(4-7-15(11)19)21-16(24)10-27-18-23-22-17(26-18)9-25-14-5-2-12(20)3-6-14/h2-8H,9-10H2,1H3,(H,21,24). The largest absolute Gasteiger partial charge is 0.484 e. The van der Waals surface area contributed by atoms with Crippen LogP contribution in [0.3, 0.4) is 0 Å². The maximum atomic E-state index is 12.1. The highest BCUT2D eigenvalue weighted by molar-refractivity contribution is 9.10. The summed E-state index contributed by atoms with van der Waals surface area (Å²) in [4.78, 5) is 12.1. The molecule has 0 saturated carbocycles. The summed E-state index contributed by atoms with van der Waals surface area (Å²) in [5.41, 5.74) is 1.78. The van der Waals surface area contributed by atoms with E-state index in [2.05, 4.69) is 31.4 Å². The van der Waals surface area contributed by atoms with Crippen molar-refractivity contribution < 1.29 is 13.9 Å². The summed E-state index contributed by atoms with van der Waals surface area (Å²) in [5.74, 6) is 0.987. The van der Waals surface area contributed by atoms with E-state index in [0.717, 1.165) is 15.7 Å². The first-order valence-electron chi connectivity index (χ1n) is 7.89. The van der Waals surface area contributed by atoms with Crippen LogP contribution in [0.5, 0.6) is 5.75 Å². The molecule has 0 aliphatic carbocycles. The topological polar surface area (TPSA) is 77.2 Å². The number of aromatic nitrogens is 2. The zero-order valence-corrected chi connectivity index (χ0v) is 17.4. The molecule has 3 aromatic rings. The van der Waals surface area contributed by atoms with Crippen LogP contribution >= 0.6 is 39.3 Å². The molecular weight excluding hydrogens is 454 g/mol. The number of ether oxygens (including phenoxy) is 1. The van der Waals surface area contributed by atoms with Crippen molar-refractivity contribution in [2.24, 2.45) is 0 Å². The summed E-state index contributed by atoms with van der Waals surface area (Å²) in [5, 5.41) is 11.6. The van der Waals surface area contributed by atoms with Crippen molar-refractivity contribution in [2.75, 3.05) is 11.1 Å². The number of hydrogen-bond donors (Lipinski definition) is 1. The van der Waals surface area contributed by atoms with E-state index < -0.39 is 0 Å². The Morgan fingerprint density at radius 3 is 2.78 bits per heavy atom. The quantitative estimate of drug-likeness (QED) is 0.486. The number of aryl methyl sites for hydroxylation is 1. The molecule has 1 amide bonds. The van der Waals surface area contributed by atoms with Crippen molar-refractivity contribution in [3.8, 4) is 5.75 Å². The van der Waals surface area contributed by atoms with Gasteiger partial charge >= 0.3 is 0 Å². The minimum atomic E-state index is -0.154. The third-order valence-electron chi connectivity index (χ3n) is 3.39. The summed E-state index contributed by atoms with van der Waals surface area (Å²) in [6, 6.07) is 12.6. The maximum Gasteiger partial charge on any atom is 0.277 e. The molecule has 0 aliphatic rings. The minimum Gasteiger partial charge on any atom is -0.484 e. The summed E-state index contributed by atoms with van der Waals surface area (Å²) >= 11 is 10.4. The predicted octanol–water partition coefficient (Wildman–Crippen LogP) is 5.10. The van der Waals surface area contributed by atoms with E-state index in [1.165, 1.54) is 11.8 Å². The predicted molar refractivity (Wildman–Crippen MR) is 108 cm³/mol. The fourth-order valence-corrected chi connectivity index (χ4v) is 3.03. The second kappa shape index (κ2) is 9.25. The van der Waals surface area contributed by atoms with Gasteiger partial charge in [-0.2, -0.15) is 0 Å². The van der Waals surface area contributed by atoms with Crippen molar-refractivity contribution >= 4 is 50.9 Å². The van der Waals surface area contributed by atoms with Gasteiger partial charge in [-0.25, -0.2) is 0 Å². The van der Waals surface area contributed by atoms with Gasteiger partial charge in [0.15, 0.2) is 6.61 Å². The number of thioether (sulfide) groups is 1. The number of benzene rings is 2. The second-order valence-corrected chi connectivity index (χ2v) is 7.72. The van der Waals surface area contributed by atoms with Gasteiger partial charge in [-0.1, -0.05) is 39.3 Å². The first kappa shape index (κ1) is 19.7. The number of carbonyl (C=O) groups excluding carboxylic acids is 1. The van der Waals surface area contributed by atoms with E-state index in [0.29, 0.717) is 21.9 Å². The fraction of sp³-hybridized carbons (Fsp3) is 0.167. The normalized spacial score (nSPS) is 10.6. The van der Waals surface area contributed by atoms with Crippen molar-refractivity contribution in [1.29, 1.82) is 0 Å². The monoisotopic (exact) mass is 467 g/mol. The summed E-state index contributed by atoms with van der Waals surface area (Å²) in [7, 11) is 0. The molecule has 0 saturated heterocycles. The Bertz CT molecular complexity index is 934. The van der Waals surface area contributed by atoms with Gasteiger partial charge in [0.05, 0.1) is 5.75 Å². The van der Waals surface area contributed by atoms with Gasteiger partial charge < -0.3 is 14.5 Å². The van der Waals surface area contributed by atoms with Gasteiger partial charge in [-0.15, -0.1) is 10.2 Å². The highest BCUT2D eigenvalue weighted by Crippen LogP contribution is 2.22. The van der Waals surface area contributed by atoms with Crippen LogP contribution < -0.4 is 10.1 Å². The number of amides is 1. The molecule has 0 spiro atoms. The summed E-state index contributed by atoms with van der Waals surface area (Å²) in [6.07, 6.45) is 0. The number of anilines is 1. The number of rotatable bonds is 7. The van der Waals surface area contributed by atoms with E-state index in [4.69, 9.17) is 20.8 Å². The van der Waals surface area contributed by atoms with Crippen LogP contribution in [0.4, 0.5) is 5.69 Å². The Labute approximate surface area is 173 Å². The lowest BCUT2D eigenvalue weighted by Gasteiger charge is -2.06. The Morgan fingerprint density at radius 2 is 2.04 bits per heavy atom. The molecule has 9 heteroatoms.